The Labute approximate surface area is 104 Å². The zero-order valence-electron chi connectivity index (χ0n) is 9.67. The van der Waals surface area contributed by atoms with Crippen molar-refractivity contribution in [2.24, 2.45) is 21.7 Å². The van der Waals surface area contributed by atoms with Gasteiger partial charge in [-0.05, 0) is 22.4 Å². The van der Waals surface area contributed by atoms with E-state index in [1.807, 2.05) is 30.4 Å². The van der Waals surface area contributed by atoms with Crippen LogP contribution in [0.15, 0.2) is 52.7 Å². The minimum Gasteiger partial charge on any atom is -0.369 e. The summed E-state index contributed by atoms with van der Waals surface area (Å²) in [4.78, 5) is 0. The van der Waals surface area contributed by atoms with Crippen LogP contribution in [0.2, 0.25) is 0 Å². The summed E-state index contributed by atoms with van der Waals surface area (Å²) < 4.78 is 0. The fourth-order valence-electron chi connectivity index (χ4n) is 2.18. The second kappa shape index (κ2) is 4.00. The van der Waals surface area contributed by atoms with Crippen molar-refractivity contribution in [3.8, 4) is 0 Å². The second-order valence-corrected chi connectivity index (χ2v) is 4.09. The van der Waals surface area contributed by atoms with Crippen molar-refractivity contribution < 1.29 is 0 Å². The highest BCUT2D eigenvalue weighted by atomic mass is 15.3. The molecule has 4 nitrogen and oxygen atoms in total. The Morgan fingerprint density at radius 2 is 1.72 bits per heavy atom. The monoisotopic (exact) mass is 236 g/mol. The first-order valence-corrected chi connectivity index (χ1v) is 5.62. The van der Waals surface area contributed by atoms with E-state index >= 15 is 0 Å². The maximum atomic E-state index is 5.30. The Bertz CT molecular complexity index is 702. The molecule has 0 fully saturated rings. The molecule has 0 aliphatic heterocycles. The van der Waals surface area contributed by atoms with E-state index in [2.05, 4.69) is 28.4 Å². The first-order chi connectivity index (χ1) is 8.75. The number of benzene rings is 2. The normalized spacial score (nSPS) is 15.0. The molecule has 3 rings (SSSR count). The molecular weight excluding hydrogens is 224 g/mol. The lowest BCUT2D eigenvalue weighted by Gasteiger charge is -2.13. The third-order valence-corrected chi connectivity index (χ3v) is 2.91. The van der Waals surface area contributed by atoms with Crippen molar-refractivity contribution >= 4 is 28.5 Å². The zero-order chi connectivity index (χ0) is 12.5. The van der Waals surface area contributed by atoms with Crippen molar-refractivity contribution in [2.75, 3.05) is 0 Å². The van der Waals surface area contributed by atoms with Gasteiger partial charge in [-0.1, -0.05) is 42.5 Å². The molecular formula is C14H12N4. The molecule has 0 saturated heterocycles. The van der Waals surface area contributed by atoms with Crippen molar-refractivity contribution in [3.63, 3.8) is 0 Å². The Morgan fingerprint density at radius 1 is 0.944 bits per heavy atom. The first-order valence-electron chi connectivity index (χ1n) is 5.62. The van der Waals surface area contributed by atoms with Crippen LogP contribution in [0.4, 0.5) is 0 Å². The molecule has 4 N–H and O–H groups in total. The summed E-state index contributed by atoms with van der Waals surface area (Å²) in [6.45, 7) is 0. The Hall–Kier alpha value is -2.62. The Balaban J connectivity index is 2.28. The van der Waals surface area contributed by atoms with Crippen LogP contribution in [-0.4, -0.2) is 11.7 Å². The van der Waals surface area contributed by atoms with Gasteiger partial charge in [0.05, 0.1) is 5.71 Å². The SMILES string of the molecule is NC(N)=N/N=C1\C=Cc2cccc3cccc1c23. The van der Waals surface area contributed by atoms with Gasteiger partial charge in [0.25, 0.3) is 0 Å². The third-order valence-electron chi connectivity index (χ3n) is 2.91. The average Bonchev–Trinajstić information content (AvgIpc) is 2.38. The Morgan fingerprint density at radius 3 is 2.50 bits per heavy atom. The van der Waals surface area contributed by atoms with Gasteiger partial charge < -0.3 is 11.5 Å². The van der Waals surface area contributed by atoms with Gasteiger partial charge in [0.2, 0.25) is 5.96 Å². The van der Waals surface area contributed by atoms with E-state index < -0.39 is 0 Å². The maximum absolute atomic E-state index is 5.30. The topological polar surface area (TPSA) is 76.8 Å². The first kappa shape index (κ1) is 10.5. The molecule has 2 aromatic carbocycles. The molecule has 0 saturated carbocycles. The zero-order valence-corrected chi connectivity index (χ0v) is 9.67. The largest absolute Gasteiger partial charge is 0.369 e. The minimum absolute atomic E-state index is 0.0399. The van der Waals surface area contributed by atoms with Crippen molar-refractivity contribution in [3.05, 3.63) is 53.6 Å². The summed E-state index contributed by atoms with van der Waals surface area (Å²) in [7, 11) is 0. The summed E-state index contributed by atoms with van der Waals surface area (Å²) in [5.74, 6) is -0.0399. The summed E-state index contributed by atoms with van der Waals surface area (Å²) in [6, 6.07) is 12.3. The standard InChI is InChI=1S/C14H12N4/c15-14(16)18-17-12-8-7-10-4-1-3-9-5-2-6-11(12)13(9)10/h1-8H,(H4,15,16,18)/b17-12+. The lowest BCUT2D eigenvalue weighted by Crippen LogP contribution is -2.22. The van der Waals surface area contributed by atoms with E-state index in [4.69, 9.17) is 11.5 Å². The molecule has 0 amide bonds. The fraction of sp³-hybridized carbons (Fsp3) is 0. The molecule has 0 aromatic heterocycles. The second-order valence-electron chi connectivity index (χ2n) is 4.09. The smallest absolute Gasteiger partial charge is 0.211 e. The van der Waals surface area contributed by atoms with Crippen molar-refractivity contribution in [1.82, 2.24) is 0 Å². The number of nitrogens with zero attached hydrogens (tertiary/aromatic N) is 2. The van der Waals surface area contributed by atoms with Gasteiger partial charge in [-0.2, -0.15) is 0 Å². The number of allylic oxidation sites excluding steroid dienone is 1. The molecule has 1 aliphatic rings. The number of guanidine groups is 1. The minimum atomic E-state index is -0.0399. The average molecular weight is 236 g/mol. The fourth-order valence-corrected chi connectivity index (χ4v) is 2.18. The quantitative estimate of drug-likeness (QED) is 0.450. The van der Waals surface area contributed by atoms with E-state index in [0.717, 1.165) is 11.3 Å². The van der Waals surface area contributed by atoms with Crippen LogP contribution in [0.3, 0.4) is 0 Å². The van der Waals surface area contributed by atoms with Crippen LogP contribution in [-0.2, 0) is 0 Å². The molecule has 1 aliphatic carbocycles. The van der Waals surface area contributed by atoms with Gasteiger partial charge in [0.1, 0.15) is 0 Å². The van der Waals surface area contributed by atoms with E-state index in [1.165, 1.54) is 16.3 Å². The van der Waals surface area contributed by atoms with Gasteiger partial charge in [-0.15, -0.1) is 10.2 Å². The third kappa shape index (κ3) is 1.64. The predicted molar refractivity (Wildman–Crippen MR) is 75.3 cm³/mol. The van der Waals surface area contributed by atoms with Gasteiger partial charge >= 0.3 is 0 Å². The van der Waals surface area contributed by atoms with Crippen LogP contribution in [0.25, 0.3) is 16.8 Å². The number of hydrogen-bond donors (Lipinski definition) is 2. The molecule has 0 radical (unpaired) electrons. The number of rotatable bonds is 1. The summed E-state index contributed by atoms with van der Waals surface area (Å²) in [5, 5.41) is 10.2. The lowest BCUT2D eigenvalue weighted by molar-refractivity contribution is 1.20. The molecule has 0 atom stereocenters. The summed E-state index contributed by atoms with van der Waals surface area (Å²) in [5.41, 5.74) is 13.6. The number of hydrogen-bond acceptors (Lipinski definition) is 2. The molecule has 0 bridgehead atoms. The van der Waals surface area contributed by atoms with Crippen LogP contribution in [0.1, 0.15) is 11.1 Å². The van der Waals surface area contributed by atoms with Gasteiger partial charge in [0.15, 0.2) is 0 Å². The molecule has 2 aromatic rings. The molecule has 0 spiro atoms. The highest BCUT2D eigenvalue weighted by Gasteiger charge is 2.12. The van der Waals surface area contributed by atoms with Crippen LogP contribution in [0, 0.1) is 0 Å². The highest BCUT2D eigenvalue weighted by Crippen LogP contribution is 2.28. The van der Waals surface area contributed by atoms with Crippen LogP contribution >= 0.6 is 0 Å². The molecule has 0 heterocycles. The highest BCUT2D eigenvalue weighted by molar-refractivity contribution is 6.22. The van der Waals surface area contributed by atoms with E-state index in [9.17, 15) is 0 Å². The Kier molecular flexibility index (Phi) is 2.34. The van der Waals surface area contributed by atoms with Crippen LogP contribution in [0.5, 0.6) is 0 Å². The summed E-state index contributed by atoms with van der Waals surface area (Å²) in [6.07, 6.45) is 3.94. The molecule has 0 unspecified atom stereocenters. The van der Waals surface area contributed by atoms with Crippen molar-refractivity contribution in [2.45, 2.75) is 0 Å². The predicted octanol–water partition coefficient (Wildman–Crippen LogP) is 1.84. The number of nitrogens with two attached hydrogens (primary N) is 2. The molecule has 88 valence electrons. The van der Waals surface area contributed by atoms with Gasteiger partial charge in [0, 0.05) is 5.56 Å². The van der Waals surface area contributed by atoms with E-state index in [0.29, 0.717) is 0 Å². The lowest BCUT2D eigenvalue weighted by atomic mass is 9.92. The van der Waals surface area contributed by atoms with E-state index in [1.54, 1.807) is 0 Å². The molecule has 4 heteroatoms. The van der Waals surface area contributed by atoms with E-state index in [-0.39, 0.29) is 5.96 Å². The van der Waals surface area contributed by atoms with Gasteiger partial charge in [-0.3, -0.25) is 0 Å². The summed E-state index contributed by atoms with van der Waals surface area (Å²) >= 11 is 0. The maximum Gasteiger partial charge on any atom is 0.211 e. The van der Waals surface area contributed by atoms with Gasteiger partial charge in [-0.25, -0.2) is 0 Å². The van der Waals surface area contributed by atoms with Crippen LogP contribution < -0.4 is 11.5 Å². The van der Waals surface area contributed by atoms with Crippen molar-refractivity contribution in [1.29, 1.82) is 0 Å². The molecule has 18 heavy (non-hydrogen) atoms.